The fraction of sp³-hybridized carbons (Fsp3) is 0.364. The Morgan fingerprint density at radius 1 is 1.31 bits per heavy atom. The lowest BCUT2D eigenvalue weighted by molar-refractivity contribution is 0.180. The number of anilines is 1. The third-order valence-corrected chi connectivity index (χ3v) is 5.44. The molecule has 3 aromatic rings. The van der Waals surface area contributed by atoms with Crippen molar-refractivity contribution in [1.82, 2.24) is 14.7 Å². The summed E-state index contributed by atoms with van der Waals surface area (Å²) in [5, 5.41) is 6.36. The van der Waals surface area contributed by atoms with E-state index >= 15 is 0 Å². The molecule has 3 heterocycles. The predicted molar refractivity (Wildman–Crippen MR) is 112 cm³/mol. The highest BCUT2D eigenvalue weighted by Crippen LogP contribution is 2.40. The number of hydrogen-bond donors (Lipinski definition) is 2. The molecule has 0 unspecified atom stereocenters. The second-order valence-electron chi connectivity index (χ2n) is 7.28. The summed E-state index contributed by atoms with van der Waals surface area (Å²) in [5.74, 6) is 0.557. The number of carbonyl (C=O) groups excluding carboxylic acids is 1. The summed E-state index contributed by atoms with van der Waals surface area (Å²) < 4.78 is 12.6. The number of nitrogens with one attached hydrogen (secondary N) is 2. The van der Waals surface area contributed by atoms with Gasteiger partial charge >= 0.3 is 6.09 Å². The lowest BCUT2D eigenvalue weighted by Crippen LogP contribution is -2.30. The van der Waals surface area contributed by atoms with E-state index < -0.39 is 6.09 Å². The van der Waals surface area contributed by atoms with E-state index in [-0.39, 0.29) is 6.04 Å². The lowest BCUT2D eigenvalue weighted by atomic mass is 9.93. The number of amides is 1. The van der Waals surface area contributed by atoms with Gasteiger partial charge in [0.15, 0.2) is 11.4 Å². The molecule has 1 atom stereocenters. The molecule has 0 radical (unpaired) electrons. The third-order valence-electron chi connectivity index (χ3n) is 5.44. The van der Waals surface area contributed by atoms with Crippen molar-refractivity contribution in [3.05, 3.63) is 59.0 Å². The molecule has 0 fully saturated rings. The molecule has 7 heteroatoms. The first-order valence-electron chi connectivity index (χ1n) is 9.85. The highest BCUT2D eigenvalue weighted by Gasteiger charge is 2.27. The number of benzene rings is 1. The maximum absolute atomic E-state index is 12.3. The molecular weight excluding hydrogens is 368 g/mol. The molecule has 152 valence electrons. The number of rotatable bonds is 5. The Morgan fingerprint density at radius 3 is 2.86 bits per heavy atom. The Bertz CT molecular complexity index is 1030. The molecular formula is C22H26N4O3. The molecule has 0 aliphatic carbocycles. The molecule has 0 saturated carbocycles. The van der Waals surface area contributed by atoms with Crippen LogP contribution in [0.3, 0.4) is 0 Å². The van der Waals surface area contributed by atoms with Crippen molar-refractivity contribution in [2.75, 3.05) is 25.6 Å². The quantitative estimate of drug-likeness (QED) is 0.644. The van der Waals surface area contributed by atoms with Crippen molar-refractivity contribution < 1.29 is 14.3 Å². The molecule has 4 rings (SSSR count). The number of hydrogen-bond acceptors (Lipinski definition) is 5. The van der Waals surface area contributed by atoms with Crippen LogP contribution in [0.25, 0.3) is 5.65 Å². The first kappa shape index (κ1) is 19.3. The molecule has 2 aromatic heterocycles. The van der Waals surface area contributed by atoms with Gasteiger partial charge in [0.05, 0.1) is 30.2 Å². The highest BCUT2D eigenvalue weighted by molar-refractivity contribution is 5.79. The molecule has 7 nitrogen and oxygen atoms in total. The summed E-state index contributed by atoms with van der Waals surface area (Å²) in [6.45, 7) is 4.84. The zero-order valence-electron chi connectivity index (χ0n) is 17.0. The first-order chi connectivity index (χ1) is 14.1. The van der Waals surface area contributed by atoms with Crippen LogP contribution in [0.1, 0.15) is 35.0 Å². The van der Waals surface area contributed by atoms with Gasteiger partial charge in [-0.1, -0.05) is 30.3 Å². The van der Waals surface area contributed by atoms with Crippen molar-refractivity contribution in [3.63, 3.8) is 0 Å². The Labute approximate surface area is 170 Å². The lowest BCUT2D eigenvalue weighted by Gasteiger charge is -2.29. The van der Waals surface area contributed by atoms with Gasteiger partial charge in [0.1, 0.15) is 0 Å². The molecule has 29 heavy (non-hydrogen) atoms. The van der Waals surface area contributed by atoms with Gasteiger partial charge in [-0.2, -0.15) is 0 Å². The summed E-state index contributed by atoms with van der Waals surface area (Å²) in [6, 6.07) is 10.6. The van der Waals surface area contributed by atoms with Crippen molar-refractivity contribution in [1.29, 1.82) is 0 Å². The third kappa shape index (κ3) is 3.78. The maximum Gasteiger partial charge on any atom is 0.412 e. The fourth-order valence-corrected chi connectivity index (χ4v) is 3.76. The van der Waals surface area contributed by atoms with Crippen LogP contribution in [-0.4, -0.2) is 35.7 Å². The molecule has 0 spiro atoms. The monoisotopic (exact) mass is 394 g/mol. The molecule has 1 amide bonds. The van der Waals surface area contributed by atoms with Crippen LogP contribution in [-0.2, 0) is 11.2 Å². The van der Waals surface area contributed by atoms with E-state index in [1.165, 1.54) is 5.56 Å². The number of pyridine rings is 1. The number of ether oxygens (including phenoxy) is 2. The second-order valence-corrected chi connectivity index (χ2v) is 7.28. The zero-order valence-corrected chi connectivity index (χ0v) is 17.0. The molecule has 1 aromatic carbocycles. The number of methoxy groups -OCH3 is 1. The van der Waals surface area contributed by atoms with E-state index in [4.69, 9.17) is 14.5 Å². The van der Waals surface area contributed by atoms with Gasteiger partial charge in [0.2, 0.25) is 0 Å². The summed E-state index contributed by atoms with van der Waals surface area (Å²) in [7, 11) is 1.59. The summed E-state index contributed by atoms with van der Waals surface area (Å²) >= 11 is 0. The van der Waals surface area contributed by atoms with Crippen molar-refractivity contribution in [3.8, 4) is 5.75 Å². The Morgan fingerprint density at radius 2 is 2.10 bits per heavy atom. The number of nitrogens with zero attached hydrogens (tertiary/aromatic N) is 2. The summed E-state index contributed by atoms with van der Waals surface area (Å²) in [6.07, 6.45) is 3.09. The van der Waals surface area contributed by atoms with Crippen molar-refractivity contribution in [2.24, 2.45) is 0 Å². The standard InChI is InChI=1S/C22H26N4O3/c1-14-15(2)26-13-19(29-22(27)23-11-12-28-3)17-9-10-18(16-7-5-4-6-8-16)25-20(17)21(26)24-14/h4-8,13,18,25H,9-12H2,1-3H3,(H,23,27)/t18-/m0/s1. The Hall–Kier alpha value is -3.06. The van der Waals surface area contributed by atoms with Crippen LogP contribution in [0.15, 0.2) is 36.5 Å². The van der Waals surface area contributed by atoms with Gasteiger partial charge in [-0.05, 0) is 32.3 Å². The molecule has 2 N–H and O–H groups in total. The smallest absolute Gasteiger partial charge is 0.408 e. The van der Waals surface area contributed by atoms with E-state index in [1.807, 2.05) is 30.5 Å². The molecule has 1 aliphatic rings. The van der Waals surface area contributed by atoms with Gasteiger partial charge in [0.25, 0.3) is 0 Å². The number of aryl methyl sites for hydroxylation is 2. The second kappa shape index (κ2) is 8.13. The number of carbonyl (C=O) groups is 1. The van der Waals surface area contributed by atoms with E-state index in [1.54, 1.807) is 7.11 Å². The van der Waals surface area contributed by atoms with Crippen LogP contribution in [0, 0.1) is 13.8 Å². The topological polar surface area (TPSA) is 76.9 Å². The number of fused-ring (bicyclic) bond motifs is 3. The fourth-order valence-electron chi connectivity index (χ4n) is 3.76. The largest absolute Gasteiger partial charge is 0.412 e. The normalized spacial score (nSPS) is 15.6. The van der Waals surface area contributed by atoms with E-state index in [2.05, 4.69) is 34.9 Å². The average Bonchev–Trinajstić information content (AvgIpc) is 3.03. The van der Waals surface area contributed by atoms with Crippen LogP contribution in [0.4, 0.5) is 10.5 Å². The van der Waals surface area contributed by atoms with E-state index in [0.29, 0.717) is 18.9 Å². The van der Waals surface area contributed by atoms with Crippen molar-refractivity contribution >= 4 is 17.4 Å². The summed E-state index contributed by atoms with van der Waals surface area (Å²) in [4.78, 5) is 17.0. The zero-order chi connectivity index (χ0) is 20.4. The van der Waals surface area contributed by atoms with Gasteiger partial charge in [-0.3, -0.25) is 4.40 Å². The minimum Gasteiger partial charge on any atom is -0.408 e. The molecule has 0 bridgehead atoms. The van der Waals surface area contributed by atoms with Gasteiger partial charge in [0, 0.05) is 24.9 Å². The number of aromatic nitrogens is 2. The molecule has 0 saturated heterocycles. The minimum absolute atomic E-state index is 0.190. The Kier molecular flexibility index (Phi) is 5.40. The highest BCUT2D eigenvalue weighted by atomic mass is 16.6. The van der Waals surface area contributed by atoms with Crippen LogP contribution in [0.5, 0.6) is 5.75 Å². The van der Waals surface area contributed by atoms with Gasteiger partial charge in [-0.25, -0.2) is 9.78 Å². The average molecular weight is 394 g/mol. The predicted octanol–water partition coefficient (Wildman–Crippen LogP) is 3.79. The van der Waals surface area contributed by atoms with Crippen LogP contribution >= 0.6 is 0 Å². The van der Waals surface area contributed by atoms with Crippen LogP contribution in [0.2, 0.25) is 0 Å². The number of imidazole rings is 1. The maximum atomic E-state index is 12.3. The SMILES string of the molecule is COCCNC(=O)Oc1cn2c(C)c(C)nc2c2c1CC[C@@H](c1ccccc1)N2. The van der Waals surface area contributed by atoms with Crippen molar-refractivity contribution in [2.45, 2.75) is 32.7 Å². The van der Waals surface area contributed by atoms with E-state index in [9.17, 15) is 4.79 Å². The Balaban J connectivity index is 1.71. The van der Waals surface area contributed by atoms with Gasteiger partial charge < -0.3 is 20.1 Å². The van der Waals surface area contributed by atoms with Gasteiger partial charge in [-0.15, -0.1) is 0 Å². The summed E-state index contributed by atoms with van der Waals surface area (Å²) in [5.41, 5.74) is 6.00. The minimum atomic E-state index is -0.483. The van der Waals surface area contributed by atoms with E-state index in [0.717, 1.165) is 41.1 Å². The molecule has 1 aliphatic heterocycles. The first-order valence-corrected chi connectivity index (χ1v) is 9.85. The van der Waals surface area contributed by atoms with Crippen LogP contribution < -0.4 is 15.4 Å².